The number of aliphatic hydroxyl groups is 1. The first-order valence-electron chi connectivity index (χ1n) is 5.87. The molecule has 2 N–H and O–H groups in total. The van der Waals surface area contributed by atoms with Gasteiger partial charge in [0.05, 0.1) is 6.10 Å². The van der Waals surface area contributed by atoms with E-state index in [9.17, 15) is 5.11 Å². The topological polar surface area (TPSA) is 50.7 Å². The standard InChI is InChI=1S/C13H19NO3/c1-8-9(2)13-12(16-4-5-17-13)6-10(8)11(15)7-14-3/h6,11,14-15H,4-5,7H2,1-3H3. The maximum atomic E-state index is 10.1. The molecule has 17 heavy (non-hydrogen) atoms. The van der Waals surface area contributed by atoms with Gasteiger partial charge in [0.2, 0.25) is 0 Å². The molecule has 0 radical (unpaired) electrons. The van der Waals surface area contributed by atoms with Crippen molar-refractivity contribution in [2.75, 3.05) is 26.8 Å². The van der Waals surface area contributed by atoms with E-state index in [1.165, 1.54) is 0 Å². The number of benzene rings is 1. The third-order valence-electron chi connectivity index (χ3n) is 3.19. The minimum absolute atomic E-state index is 0.519. The molecule has 0 aliphatic carbocycles. The van der Waals surface area contributed by atoms with Crippen molar-refractivity contribution < 1.29 is 14.6 Å². The molecule has 1 aliphatic heterocycles. The molecule has 1 aliphatic rings. The van der Waals surface area contributed by atoms with Gasteiger partial charge in [-0.3, -0.25) is 0 Å². The quantitative estimate of drug-likeness (QED) is 0.832. The van der Waals surface area contributed by atoms with Crippen LogP contribution in [0.15, 0.2) is 6.07 Å². The van der Waals surface area contributed by atoms with E-state index in [1.807, 2.05) is 27.0 Å². The zero-order valence-electron chi connectivity index (χ0n) is 10.5. The fourth-order valence-corrected chi connectivity index (χ4v) is 2.12. The molecule has 0 fully saturated rings. The van der Waals surface area contributed by atoms with E-state index in [0.29, 0.717) is 19.8 Å². The Bertz CT molecular complexity index is 418. The van der Waals surface area contributed by atoms with Crippen molar-refractivity contribution in [2.45, 2.75) is 20.0 Å². The van der Waals surface area contributed by atoms with Crippen LogP contribution in [0.5, 0.6) is 11.5 Å². The van der Waals surface area contributed by atoms with E-state index in [-0.39, 0.29) is 0 Å². The second-order valence-electron chi connectivity index (χ2n) is 4.31. The van der Waals surface area contributed by atoms with Gasteiger partial charge >= 0.3 is 0 Å². The van der Waals surface area contributed by atoms with Gasteiger partial charge in [0, 0.05) is 6.54 Å². The van der Waals surface area contributed by atoms with Crippen LogP contribution in [-0.4, -0.2) is 31.9 Å². The number of likely N-dealkylation sites (N-methyl/N-ethyl adjacent to an activating group) is 1. The Morgan fingerprint density at radius 3 is 2.71 bits per heavy atom. The number of hydrogen-bond acceptors (Lipinski definition) is 4. The van der Waals surface area contributed by atoms with E-state index in [4.69, 9.17) is 9.47 Å². The molecular formula is C13H19NO3. The van der Waals surface area contributed by atoms with Crippen molar-refractivity contribution in [3.63, 3.8) is 0 Å². The Kier molecular flexibility index (Phi) is 3.54. The molecule has 0 saturated carbocycles. The zero-order valence-corrected chi connectivity index (χ0v) is 10.5. The Morgan fingerprint density at radius 2 is 2.00 bits per heavy atom. The molecular weight excluding hydrogens is 218 g/mol. The van der Waals surface area contributed by atoms with Gasteiger partial charge < -0.3 is 19.9 Å². The molecule has 0 bridgehead atoms. The van der Waals surface area contributed by atoms with Gasteiger partial charge in [-0.2, -0.15) is 0 Å². The van der Waals surface area contributed by atoms with E-state index in [0.717, 1.165) is 28.2 Å². The van der Waals surface area contributed by atoms with Crippen molar-refractivity contribution in [3.05, 3.63) is 22.8 Å². The summed E-state index contributed by atoms with van der Waals surface area (Å²) in [4.78, 5) is 0. The molecule has 4 nitrogen and oxygen atoms in total. The van der Waals surface area contributed by atoms with Gasteiger partial charge in [0.1, 0.15) is 13.2 Å². The molecule has 1 aromatic carbocycles. The van der Waals surface area contributed by atoms with Crippen molar-refractivity contribution in [2.24, 2.45) is 0 Å². The SMILES string of the molecule is CNCC(O)c1cc2c(c(C)c1C)OCCO2. The van der Waals surface area contributed by atoms with E-state index in [1.54, 1.807) is 0 Å². The van der Waals surface area contributed by atoms with Gasteiger partial charge in [0.15, 0.2) is 11.5 Å². The average molecular weight is 237 g/mol. The molecule has 0 spiro atoms. The van der Waals surface area contributed by atoms with Crippen molar-refractivity contribution in [1.29, 1.82) is 0 Å². The maximum absolute atomic E-state index is 10.1. The number of fused-ring (bicyclic) bond motifs is 1. The largest absolute Gasteiger partial charge is 0.486 e. The fourth-order valence-electron chi connectivity index (χ4n) is 2.12. The van der Waals surface area contributed by atoms with Gasteiger partial charge in [-0.05, 0) is 43.7 Å². The van der Waals surface area contributed by atoms with Crippen LogP contribution in [0.2, 0.25) is 0 Å². The Labute approximate surface area is 102 Å². The van der Waals surface area contributed by atoms with E-state index < -0.39 is 6.10 Å². The number of nitrogens with one attached hydrogen (secondary N) is 1. The summed E-state index contributed by atoms with van der Waals surface area (Å²) in [6.45, 7) is 5.68. The molecule has 94 valence electrons. The Hall–Kier alpha value is -1.26. The number of ether oxygens (including phenoxy) is 2. The average Bonchev–Trinajstić information content (AvgIpc) is 2.34. The minimum atomic E-state index is -0.519. The van der Waals surface area contributed by atoms with Crippen LogP contribution >= 0.6 is 0 Å². The monoisotopic (exact) mass is 237 g/mol. The predicted octanol–water partition coefficient (Wildman–Crippen LogP) is 1.33. The number of rotatable bonds is 3. The van der Waals surface area contributed by atoms with Crippen LogP contribution in [0, 0.1) is 13.8 Å². The van der Waals surface area contributed by atoms with Gasteiger partial charge in [-0.25, -0.2) is 0 Å². The molecule has 0 amide bonds. The smallest absolute Gasteiger partial charge is 0.164 e. The highest BCUT2D eigenvalue weighted by molar-refractivity contribution is 5.54. The summed E-state index contributed by atoms with van der Waals surface area (Å²) < 4.78 is 11.2. The number of hydrogen-bond donors (Lipinski definition) is 2. The van der Waals surface area contributed by atoms with Crippen molar-refractivity contribution in [1.82, 2.24) is 5.32 Å². The van der Waals surface area contributed by atoms with Gasteiger partial charge in [-0.15, -0.1) is 0 Å². The second kappa shape index (κ2) is 4.94. The molecule has 1 unspecified atom stereocenters. The summed E-state index contributed by atoms with van der Waals surface area (Å²) in [7, 11) is 1.82. The first kappa shape index (κ1) is 12.2. The second-order valence-corrected chi connectivity index (χ2v) is 4.31. The molecule has 1 aromatic rings. The lowest BCUT2D eigenvalue weighted by Crippen LogP contribution is -2.20. The van der Waals surface area contributed by atoms with Crippen LogP contribution in [0.3, 0.4) is 0 Å². The molecule has 0 aromatic heterocycles. The lowest BCUT2D eigenvalue weighted by atomic mass is 9.97. The third kappa shape index (κ3) is 2.23. The molecule has 4 heteroatoms. The Balaban J connectivity index is 2.43. The summed E-state index contributed by atoms with van der Waals surface area (Å²) in [5.74, 6) is 1.55. The summed E-state index contributed by atoms with van der Waals surface area (Å²) in [6.07, 6.45) is -0.519. The highest BCUT2D eigenvalue weighted by atomic mass is 16.6. The van der Waals surface area contributed by atoms with Crippen LogP contribution in [-0.2, 0) is 0 Å². The Morgan fingerprint density at radius 1 is 1.29 bits per heavy atom. The van der Waals surface area contributed by atoms with Crippen molar-refractivity contribution in [3.8, 4) is 11.5 Å². The summed E-state index contributed by atoms with van der Waals surface area (Å²) in [6, 6.07) is 1.89. The zero-order chi connectivity index (χ0) is 12.4. The maximum Gasteiger partial charge on any atom is 0.164 e. The van der Waals surface area contributed by atoms with Crippen LogP contribution in [0.4, 0.5) is 0 Å². The first-order chi connectivity index (χ1) is 8.15. The molecule has 1 heterocycles. The highest BCUT2D eigenvalue weighted by Gasteiger charge is 2.21. The minimum Gasteiger partial charge on any atom is -0.486 e. The molecule has 0 saturated heterocycles. The molecule has 1 atom stereocenters. The van der Waals surface area contributed by atoms with Crippen molar-refractivity contribution >= 4 is 0 Å². The highest BCUT2D eigenvalue weighted by Crippen LogP contribution is 2.38. The number of aliphatic hydroxyl groups excluding tert-OH is 1. The first-order valence-corrected chi connectivity index (χ1v) is 5.87. The third-order valence-corrected chi connectivity index (χ3v) is 3.19. The summed E-state index contributed by atoms with van der Waals surface area (Å²) in [5.41, 5.74) is 3.02. The fraction of sp³-hybridized carbons (Fsp3) is 0.538. The van der Waals surface area contributed by atoms with E-state index in [2.05, 4.69) is 5.32 Å². The summed E-state index contributed by atoms with van der Waals surface area (Å²) in [5, 5.41) is 13.0. The molecule has 2 rings (SSSR count). The van der Waals surface area contributed by atoms with Gasteiger partial charge in [-0.1, -0.05) is 0 Å². The lowest BCUT2D eigenvalue weighted by Gasteiger charge is -2.24. The normalized spacial score (nSPS) is 15.8. The lowest BCUT2D eigenvalue weighted by molar-refractivity contribution is 0.162. The predicted molar refractivity (Wildman–Crippen MR) is 65.8 cm³/mol. The van der Waals surface area contributed by atoms with E-state index >= 15 is 0 Å². The summed E-state index contributed by atoms with van der Waals surface area (Å²) >= 11 is 0. The van der Waals surface area contributed by atoms with Crippen LogP contribution in [0.1, 0.15) is 22.8 Å². The van der Waals surface area contributed by atoms with Gasteiger partial charge in [0.25, 0.3) is 0 Å². The van der Waals surface area contributed by atoms with Crippen LogP contribution in [0.25, 0.3) is 0 Å². The van der Waals surface area contributed by atoms with Crippen LogP contribution < -0.4 is 14.8 Å².